The van der Waals surface area contributed by atoms with E-state index in [1.165, 1.54) is 0 Å². The molecule has 4 aromatic rings. The van der Waals surface area contributed by atoms with Gasteiger partial charge in [0, 0.05) is 43.7 Å². The molecule has 2 fully saturated rings. The van der Waals surface area contributed by atoms with E-state index in [0.717, 1.165) is 68.8 Å². The molecule has 0 spiro atoms. The standard InChI is InChI=1S/C31H41ClN10O4/c1-3-43-14-15-45-30-28(20-42(37-30)26-7-5-25(6-8-26)40-10-12-44-13-11-40)36-31-33-17-24(18-34-31)23-4-9-27(32)29(16-23)46-22(2)19-41-21-35-38-39-41/h4,9,16-18,20-22,25-26H,3,5-8,10-15,19H2,1-2H3,(H,33,34,36). The molecule has 4 heterocycles. The quantitative estimate of drug-likeness (QED) is 0.193. The van der Waals surface area contributed by atoms with Crippen molar-refractivity contribution in [1.82, 2.24) is 44.9 Å². The van der Waals surface area contributed by atoms with E-state index in [-0.39, 0.29) is 6.10 Å². The predicted octanol–water partition coefficient (Wildman–Crippen LogP) is 4.42. The number of benzene rings is 1. The van der Waals surface area contributed by atoms with E-state index in [4.69, 9.17) is 35.6 Å². The monoisotopic (exact) mass is 652 g/mol. The summed E-state index contributed by atoms with van der Waals surface area (Å²) in [6.45, 7) is 9.62. The molecule has 1 atom stereocenters. The number of nitrogens with zero attached hydrogens (tertiary/aromatic N) is 9. The SMILES string of the molecule is CCOCCOc1nn(C2CCC(N3CCOCC3)CC2)cc1Nc1ncc(-c2ccc(Cl)c(OC(C)Cn3cnnn3)c2)cn1. The van der Waals surface area contributed by atoms with Crippen LogP contribution in [0.3, 0.4) is 0 Å². The molecule has 15 heteroatoms. The fourth-order valence-electron chi connectivity index (χ4n) is 5.94. The summed E-state index contributed by atoms with van der Waals surface area (Å²) in [5.74, 6) is 1.51. The van der Waals surface area contributed by atoms with Gasteiger partial charge in [0.1, 0.15) is 30.5 Å². The Morgan fingerprint density at radius 3 is 2.57 bits per heavy atom. The zero-order valence-corrected chi connectivity index (χ0v) is 27.1. The molecule has 14 nitrogen and oxygen atoms in total. The maximum Gasteiger partial charge on any atom is 0.257 e. The highest BCUT2D eigenvalue weighted by Crippen LogP contribution is 2.35. The van der Waals surface area contributed by atoms with Crippen molar-refractivity contribution in [2.75, 3.05) is 51.4 Å². The van der Waals surface area contributed by atoms with Crippen molar-refractivity contribution in [3.63, 3.8) is 0 Å². The number of rotatable bonds is 14. The van der Waals surface area contributed by atoms with E-state index in [1.54, 1.807) is 29.5 Å². The van der Waals surface area contributed by atoms with Gasteiger partial charge >= 0.3 is 0 Å². The van der Waals surface area contributed by atoms with Crippen LogP contribution in [-0.2, 0) is 16.0 Å². The summed E-state index contributed by atoms with van der Waals surface area (Å²) in [4.78, 5) is 11.8. The van der Waals surface area contributed by atoms with Gasteiger partial charge in [-0.15, -0.1) is 10.2 Å². The van der Waals surface area contributed by atoms with Crippen molar-refractivity contribution in [3.05, 3.63) is 48.1 Å². The van der Waals surface area contributed by atoms with Gasteiger partial charge in [-0.3, -0.25) is 9.58 Å². The van der Waals surface area contributed by atoms with Crippen molar-refractivity contribution in [2.24, 2.45) is 0 Å². The predicted molar refractivity (Wildman–Crippen MR) is 172 cm³/mol. The second-order valence-electron chi connectivity index (χ2n) is 11.5. The van der Waals surface area contributed by atoms with Gasteiger partial charge in [0.25, 0.3) is 5.88 Å². The molecule has 1 saturated heterocycles. The van der Waals surface area contributed by atoms with Crippen molar-refractivity contribution in [2.45, 2.75) is 64.3 Å². The fourth-order valence-corrected chi connectivity index (χ4v) is 6.11. The van der Waals surface area contributed by atoms with Crippen LogP contribution in [0.5, 0.6) is 11.6 Å². The van der Waals surface area contributed by atoms with Crippen LogP contribution < -0.4 is 14.8 Å². The molecule has 2 aliphatic rings. The van der Waals surface area contributed by atoms with Crippen LogP contribution in [0.15, 0.2) is 43.1 Å². The molecule has 1 saturated carbocycles. The van der Waals surface area contributed by atoms with E-state index in [2.05, 4.69) is 35.7 Å². The largest absolute Gasteiger partial charge is 0.487 e. The molecule has 0 amide bonds. The maximum absolute atomic E-state index is 6.45. The second kappa shape index (κ2) is 15.6. The molecule has 46 heavy (non-hydrogen) atoms. The number of aromatic nitrogens is 8. The lowest BCUT2D eigenvalue weighted by Crippen LogP contribution is -2.45. The number of halogens is 1. The van der Waals surface area contributed by atoms with Crippen molar-refractivity contribution in [3.8, 4) is 22.8 Å². The van der Waals surface area contributed by atoms with Crippen molar-refractivity contribution >= 4 is 23.2 Å². The first-order valence-corrected chi connectivity index (χ1v) is 16.3. The average molecular weight is 653 g/mol. The van der Waals surface area contributed by atoms with Gasteiger partial charge in [0.05, 0.1) is 43.6 Å². The molecule has 1 unspecified atom stereocenters. The molecule has 1 aliphatic carbocycles. The third-order valence-corrected chi connectivity index (χ3v) is 8.61. The number of ether oxygens (including phenoxy) is 4. The molecule has 0 radical (unpaired) electrons. The molecule has 1 N–H and O–H groups in total. The number of morpholine rings is 1. The van der Waals surface area contributed by atoms with Crippen LogP contribution in [0.2, 0.25) is 5.02 Å². The second-order valence-corrected chi connectivity index (χ2v) is 11.9. The lowest BCUT2D eigenvalue weighted by atomic mass is 9.90. The zero-order valence-electron chi connectivity index (χ0n) is 26.3. The molecule has 1 aliphatic heterocycles. The van der Waals surface area contributed by atoms with Crippen LogP contribution >= 0.6 is 11.6 Å². The Balaban J connectivity index is 1.12. The fraction of sp³-hybridized carbons (Fsp3) is 0.548. The third-order valence-electron chi connectivity index (χ3n) is 8.30. The topological polar surface area (TPSA) is 139 Å². The van der Waals surface area contributed by atoms with E-state index in [0.29, 0.717) is 61.0 Å². The average Bonchev–Trinajstić information content (AvgIpc) is 3.75. The molecule has 1 aromatic carbocycles. The van der Waals surface area contributed by atoms with E-state index >= 15 is 0 Å². The van der Waals surface area contributed by atoms with Crippen LogP contribution in [0.1, 0.15) is 45.6 Å². The van der Waals surface area contributed by atoms with E-state index in [1.807, 2.05) is 36.9 Å². The minimum Gasteiger partial charge on any atom is -0.487 e. The van der Waals surface area contributed by atoms with Gasteiger partial charge in [-0.25, -0.2) is 14.6 Å². The maximum atomic E-state index is 6.45. The van der Waals surface area contributed by atoms with E-state index < -0.39 is 0 Å². The Labute approximate surface area is 273 Å². The Kier molecular flexibility index (Phi) is 10.9. The van der Waals surface area contributed by atoms with Gasteiger partial charge < -0.3 is 24.3 Å². The summed E-state index contributed by atoms with van der Waals surface area (Å²) in [6.07, 6.45) is 11.3. The van der Waals surface area contributed by atoms with Gasteiger partial charge in [-0.05, 0) is 67.7 Å². The Morgan fingerprint density at radius 2 is 1.83 bits per heavy atom. The molecular weight excluding hydrogens is 612 g/mol. The highest BCUT2D eigenvalue weighted by atomic mass is 35.5. The number of tetrazole rings is 1. The normalized spacial score (nSPS) is 19.5. The number of anilines is 2. The summed E-state index contributed by atoms with van der Waals surface area (Å²) in [6, 6.07) is 6.52. The first kappa shape index (κ1) is 32.1. The zero-order chi connectivity index (χ0) is 31.7. The third kappa shape index (κ3) is 8.29. The van der Waals surface area contributed by atoms with Crippen molar-refractivity contribution in [1.29, 1.82) is 0 Å². The summed E-state index contributed by atoms with van der Waals surface area (Å²) in [5, 5.41) is 19.9. The molecule has 0 bridgehead atoms. The van der Waals surface area contributed by atoms with Gasteiger partial charge in [-0.2, -0.15) is 0 Å². The smallest absolute Gasteiger partial charge is 0.257 e. The number of hydrogen-bond donors (Lipinski definition) is 1. The van der Waals surface area contributed by atoms with Crippen LogP contribution in [0, 0.1) is 0 Å². The Morgan fingerprint density at radius 1 is 1.04 bits per heavy atom. The molecule has 246 valence electrons. The minimum absolute atomic E-state index is 0.204. The van der Waals surface area contributed by atoms with Gasteiger partial charge in [0.15, 0.2) is 0 Å². The van der Waals surface area contributed by atoms with Crippen molar-refractivity contribution < 1.29 is 18.9 Å². The number of nitrogens with one attached hydrogen (secondary N) is 1. The van der Waals surface area contributed by atoms with Gasteiger partial charge in [-0.1, -0.05) is 17.7 Å². The minimum atomic E-state index is -0.204. The summed E-state index contributed by atoms with van der Waals surface area (Å²) < 4.78 is 26.8. The van der Waals surface area contributed by atoms with Crippen LogP contribution in [-0.4, -0.2) is 103 Å². The van der Waals surface area contributed by atoms with E-state index in [9.17, 15) is 0 Å². The number of hydrogen-bond acceptors (Lipinski definition) is 12. The van der Waals surface area contributed by atoms with Gasteiger partial charge in [0.2, 0.25) is 5.95 Å². The summed E-state index contributed by atoms with van der Waals surface area (Å²) in [7, 11) is 0. The van der Waals surface area contributed by atoms with Crippen LogP contribution in [0.25, 0.3) is 11.1 Å². The molecule has 3 aromatic heterocycles. The molecular formula is C31H41ClN10O4. The first-order valence-electron chi connectivity index (χ1n) is 15.9. The summed E-state index contributed by atoms with van der Waals surface area (Å²) >= 11 is 6.45. The Hall–Kier alpha value is -3.85. The Bertz CT molecular complexity index is 1510. The lowest BCUT2D eigenvalue weighted by molar-refractivity contribution is 0.00502. The first-order chi connectivity index (χ1) is 22.6. The van der Waals surface area contributed by atoms with Crippen LogP contribution in [0.4, 0.5) is 11.6 Å². The highest BCUT2D eigenvalue weighted by molar-refractivity contribution is 6.32. The lowest BCUT2D eigenvalue weighted by Gasteiger charge is -2.38. The highest BCUT2D eigenvalue weighted by Gasteiger charge is 2.29. The molecule has 6 rings (SSSR count). The summed E-state index contributed by atoms with van der Waals surface area (Å²) in [5.41, 5.74) is 2.42.